The van der Waals surface area contributed by atoms with Crippen molar-refractivity contribution in [2.75, 3.05) is 29.9 Å². The van der Waals surface area contributed by atoms with Crippen LogP contribution in [-0.2, 0) is 0 Å². The van der Waals surface area contributed by atoms with Crippen molar-refractivity contribution < 1.29 is 4.39 Å². The molecule has 7 nitrogen and oxygen atoms in total. The zero-order valence-electron chi connectivity index (χ0n) is 15.5. The van der Waals surface area contributed by atoms with Gasteiger partial charge in [0.25, 0.3) is 0 Å². The first-order chi connectivity index (χ1) is 13.6. The molecule has 146 valence electrons. The topological polar surface area (TPSA) is 78.9 Å². The molecule has 0 atom stereocenters. The lowest BCUT2D eigenvalue weighted by molar-refractivity contribution is 0.421. The number of benzene rings is 1. The van der Waals surface area contributed by atoms with E-state index in [1.807, 2.05) is 0 Å². The molecule has 4 rings (SSSR count). The highest BCUT2D eigenvalue weighted by molar-refractivity contribution is 6.31. The van der Waals surface area contributed by atoms with E-state index in [0.29, 0.717) is 34.5 Å². The Bertz CT molecular complexity index is 976. The van der Waals surface area contributed by atoms with Gasteiger partial charge >= 0.3 is 0 Å². The van der Waals surface area contributed by atoms with Crippen LogP contribution in [0.1, 0.15) is 19.8 Å². The predicted molar refractivity (Wildman–Crippen MR) is 109 cm³/mol. The zero-order valence-corrected chi connectivity index (χ0v) is 16.2. The molecule has 1 aromatic carbocycles. The third kappa shape index (κ3) is 3.98. The Labute approximate surface area is 167 Å². The Morgan fingerprint density at radius 2 is 2.04 bits per heavy atom. The fourth-order valence-corrected chi connectivity index (χ4v) is 3.55. The SMILES string of the molecule is CCNC1CCN(c2ncc3ncnc(Nc4ccc(F)c(Cl)c4)c3n2)CC1. The lowest BCUT2D eigenvalue weighted by atomic mass is 10.1. The summed E-state index contributed by atoms with van der Waals surface area (Å²) in [6.45, 7) is 4.90. The number of rotatable bonds is 5. The quantitative estimate of drug-likeness (QED) is 0.677. The molecule has 0 radical (unpaired) electrons. The molecule has 1 saturated heterocycles. The number of fused-ring (bicyclic) bond motifs is 1. The van der Waals surface area contributed by atoms with Crippen molar-refractivity contribution in [1.82, 2.24) is 25.3 Å². The minimum Gasteiger partial charge on any atom is -0.341 e. The first-order valence-electron chi connectivity index (χ1n) is 9.32. The van der Waals surface area contributed by atoms with Crippen molar-refractivity contribution in [3.8, 4) is 0 Å². The Kier molecular flexibility index (Phi) is 5.50. The summed E-state index contributed by atoms with van der Waals surface area (Å²) in [6, 6.07) is 4.97. The average Bonchev–Trinajstić information content (AvgIpc) is 2.72. The van der Waals surface area contributed by atoms with Crippen LogP contribution >= 0.6 is 11.6 Å². The number of halogens is 2. The number of nitrogens with one attached hydrogen (secondary N) is 2. The van der Waals surface area contributed by atoms with E-state index >= 15 is 0 Å². The normalized spacial score (nSPS) is 15.2. The summed E-state index contributed by atoms with van der Waals surface area (Å²) in [7, 11) is 0. The van der Waals surface area contributed by atoms with Crippen LogP contribution in [-0.4, -0.2) is 45.6 Å². The maximum absolute atomic E-state index is 13.4. The summed E-state index contributed by atoms with van der Waals surface area (Å²) in [4.78, 5) is 19.9. The van der Waals surface area contributed by atoms with Crippen LogP contribution in [0.5, 0.6) is 0 Å². The van der Waals surface area contributed by atoms with Crippen molar-refractivity contribution in [2.45, 2.75) is 25.8 Å². The minimum atomic E-state index is -0.467. The summed E-state index contributed by atoms with van der Waals surface area (Å²) < 4.78 is 13.4. The highest BCUT2D eigenvalue weighted by Gasteiger charge is 2.21. The largest absolute Gasteiger partial charge is 0.341 e. The van der Waals surface area contributed by atoms with Crippen molar-refractivity contribution in [3.05, 3.63) is 41.6 Å². The van der Waals surface area contributed by atoms with Gasteiger partial charge in [0, 0.05) is 24.8 Å². The fraction of sp³-hybridized carbons (Fsp3) is 0.368. The molecule has 3 aromatic rings. The summed E-state index contributed by atoms with van der Waals surface area (Å²) >= 11 is 5.87. The third-order valence-corrected chi connectivity index (χ3v) is 5.11. The van der Waals surface area contributed by atoms with Gasteiger partial charge in [-0.3, -0.25) is 0 Å². The number of nitrogens with zero attached hydrogens (tertiary/aromatic N) is 5. The van der Waals surface area contributed by atoms with Crippen LogP contribution in [0.15, 0.2) is 30.7 Å². The zero-order chi connectivity index (χ0) is 19.5. The molecule has 2 aromatic heterocycles. The molecule has 0 bridgehead atoms. The minimum absolute atomic E-state index is 0.0437. The standard InChI is InChI=1S/C19H21ClFN7/c1-2-22-12-5-7-28(8-6-12)19-23-10-16-17(27-19)18(25-11-24-16)26-13-3-4-15(21)14(20)9-13/h3-4,9-12,22H,2,5-8H2,1H3,(H,24,25,26). The van der Waals surface area contributed by atoms with Gasteiger partial charge < -0.3 is 15.5 Å². The average molecular weight is 402 g/mol. The number of hydrogen-bond acceptors (Lipinski definition) is 7. The lowest BCUT2D eigenvalue weighted by Crippen LogP contribution is -2.43. The van der Waals surface area contributed by atoms with E-state index in [-0.39, 0.29) is 5.02 Å². The molecule has 0 saturated carbocycles. The molecule has 0 unspecified atom stereocenters. The molecule has 3 heterocycles. The first kappa shape index (κ1) is 18.8. The second-order valence-corrected chi connectivity index (χ2v) is 7.11. The van der Waals surface area contributed by atoms with E-state index in [0.717, 1.165) is 32.5 Å². The van der Waals surface area contributed by atoms with Crippen molar-refractivity contribution in [1.29, 1.82) is 0 Å². The smallest absolute Gasteiger partial charge is 0.226 e. The highest BCUT2D eigenvalue weighted by Crippen LogP contribution is 2.26. The molecule has 1 aliphatic rings. The summed E-state index contributed by atoms with van der Waals surface area (Å²) in [5.41, 5.74) is 1.87. The lowest BCUT2D eigenvalue weighted by Gasteiger charge is -2.32. The molecule has 2 N–H and O–H groups in total. The molecule has 0 aliphatic carbocycles. The van der Waals surface area contributed by atoms with E-state index < -0.39 is 5.82 Å². The Morgan fingerprint density at radius 3 is 2.79 bits per heavy atom. The van der Waals surface area contributed by atoms with E-state index in [2.05, 4.69) is 37.4 Å². The summed E-state index contributed by atoms with van der Waals surface area (Å²) in [6.07, 6.45) is 5.26. The molecule has 28 heavy (non-hydrogen) atoms. The van der Waals surface area contributed by atoms with Crippen molar-refractivity contribution in [2.24, 2.45) is 0 Å². The fourth-order valence-electron chi connectivity index (χ4n) is 3.37. The first-order valence-corrected chi connectivity index (χ1v) is 9.70. The third-order valence-electron chi connectivity index (χ3n) is 4.82. The maximum atomic E-state index is 13.4. The molecule has 9 heteroatoms. The van der Waals surface area contributed by atoms with Crippen LogP contribution in [0.3, 0.4) is 0 Å². The van der Waals surface area contributed by atoms with Gasteiger partial charge in [0.05, 0.1) is 11.2 Å². The number of aromatic nitrogens is 4. The van der Waals surface area contributed by atoms with Crippen molar-refractivity contribution >= 4 is 40.1 Å². The second-order valence-electron chi connectivity index (χ2n) is 6.70. The number of anilines is 3. The number of piperidine rings is 1. The van der Waals surface area contributed by atoms with Gasteiger partial charge in [-0.2, -0.15) is 0 Å². The number of hydrogen-bond donors (Lipinski definition) is 2. The second kappa shape index (κ2) is 8.20. The molecule has 0 spiro atoms. The van der Waals surface area contributed by atoms with E-state index in [9.17, 15) is 4.39 Å². The molecule has 1 fully saturated rings. The van der Waals surface area contributed by atoms with Gasteiger partial charge in [-0.1, -0.05) is 18.5 Å². The Hall–Kier alpha value is -2.58. The van der Waals surface area contributed by atoms with Crippen LogP contribution in [0.2, 0.25) is 5.02 Å². The van der Waals surface area contributed by atoms with Crippen LogP contribution in [0.4, 0.5) is 21.8 Å². The Balaban J connectivity index is 1.60. The van der Waals surface area contributed by atoms with E-state index in [1.54, 1.807) is 12.3 Å². The van der Waals surface area contributed by atoms with E-state index in [4.69, 9.17) is 16.6 Å². The maximum Gasteiger partial charge on any atom is 0.226 e. The van der Waals surface area contributed by atoms with Crippen molar-refractivity contribution in [3.63, 3.8) is 0 Å². The van der Waals surface area contributed by atoms with Crippen LogP contribution < -0.4 is 15.5 Å². The molecular weight excluding hydrogens is 381 g/mol. The Morgan fingerprint density at radius 1 is 1.21 bits per heavy atom. The predicted octanol–water partition coefficient (Wildman–Crippen LogP) is 3.53. The van der Waals surface area contributed by atoms with Crippen LogP contribution in [0, 0.1) is 5.82 Å². The summed E-state index contributed by atoms with van der Waals surface area (Å²) in [5, 5.41) is 6.69. The molecule has 0 amide bonds. The van der Waals surface area contributed by atoms with Gasteiger partial charge in [0.15, 0.2) is 5.82 Å². The summed E-state index contributed by atoms with van der Waals surface area (Å²) in [5.74, 6) is 0.724. The van der Waals surface area contributed by atoms with Gasteiger partial charge in [0.1, 0.15) is 23.2 Å². The van der Waals surface area contributed by atoms with Gasteiger partial charge in [-0.25, -0.2) is 24.3 Å². The van der Waals surface area contributed by atoms with Crippen LogP contribution in [0.25, 0.3) is 11.0 Å². The monoisotopic (exact) mass is 401 g/mol. The molecule has 1 aliphatic heterocycles. The van der Waals surface area contributed by atoms with Gasteiger partial charge in [0.2, 0.25) is 5.95 Å². The molecular formula is C19H21ClFN7. The highest BCUT2D eigenvalue weighted by atomic mass is 35.5. The van der Waals surface area contributed by atoms with E-state index in [1.165, 1.54) is 18.5 Å². The van der Waals surface area contributed by atoms with Gasteiger partial charge in [-0.15, -0.1) is 0 Å². The van der Waals surface area contributed by atoms with Gasteiger partial charge in [-0.05, 0) is 37.6 Å².